The molecule has 0 rings (SSSR count). The Labute approximate surface area is 84.3 Å². The van der Waals surface area contributed by atoms with E-state index in [2.05, 4.69) is 5.28 Å². The molecule has 0 unspecified atom stereocenters. The van der Waals surface area contributed by atoms with Crippen molar-refractivity contribution in [2.75, 3.05) is 26.3 Å². The Hall–Kier alpha value is -1.04. The first kappa shape index (κ1) is 13.0. The molecule has 0 amide bonds. The summed E-state index contributed by atoms with van der Waals surface area (Å²) >= 11 is 0. The SMILES string of the molecule is CCN(CC)/[N+]([O-])=N/OC[C@H](C)CO. The van der Waals surface area contributed by atoms with Crippen molar-refractivity contribution in [3.63, 3.8) is 0 Å². The van der Waals surface area contributed by atoms with E-state index < -0.39 is 0 Å². The topological polar surface area (TPSA) is 71.1 Å². The highest BCUT2D eigenvalue weighted by molar-refractivity contribution is 4.43. The molecule has 0 heterocycles. The first-order valence-corrected chi connectivity index (χ1v) is 4.81. The van der Waals surface area contributed by atoms with Crippen LogP contribution in [-0.4, -0.2) is 41.4 Å². The van der Waals surface area contributed by atoms with Gasteiger partial charge in [0.25, 0.3) is 0 Å². The number of hydrogen-bond acceptors (Lipinski definition) is 4. The van der Waals surface area contributed by atoms with Gasteiger partial charge < -0.3 is 15.2 Å². The van der Waals surface area contributed by atoms with Crippen LogP contribution in [0.25, 0.3) is 0 Å². The largest absolute Gasteiger partial charge is 0.569 e. The second-order valence-electron chi connectivity index (χ2n) is 3.06. The average molecular weight is 205 g/mol. The van der Waals surface area contributed by atoms with E-state index in [4.69, 9.17) is 9.94 Å². The lowest BCUT2D eigenvalue weighted by molar-refractivity contribution is -0.710. The number of nitrogens with zero attached hydrogens (tertiary/aromatic N) is 3. The zero-order valence-electron chi connectivity index (χ0n) is 9.01. The molecule has 0 aromatic rings. The van der Waals surface area contributed by atoms with Gasteiger partial charge in [-0.1, -0.05) is 6.92 Å². The minimum absolute atomic E-state index is 0.0103. The van der Waals surface area contributed by atoms with Crippen LogP contribution < -0.4 is 0 Å². The molecule has 0 aliphatic rings. The molecule has 0 radical (unpaired) electrons. The van der Waals surface area contributed by atoms with Crippen LogP contribution >= 0.6 is 0 Å². The van der Waals surface area contributed by atoms with E-state index in [0.29, 0.717) is 18.1 Å². The van der Waals surface area contributed by atoms with Crippen LogP contribution in [0.2, 0.25) is 0 Å². The highest BCUT2D eigenvalue weighted by Gasteiger charge is 2.07. The average Bonchev–Trinajstić information content (AvgIpc) is 2.19. The molecule has 1 N–H and O–H groups in total. The minimum Gasteiger partial charge on any atom is -0.569 e. The van der Waals surface area contributed by atoms with Gasteiger partial charge in [-0.2, -0.15) is 0 Å². The monoisotopic (exact) mass is 205 g/mol. The zero-order chi connectivity index (χ0) is 11.0. The summed E-state index contributed by atoms with van der Waals surface area (Å²) in [6.07, 6.45) is 0. The van der Waals surface area contributed by atoms with E-state index >= 15 is 0 Å². The summed E-state index contributed by atoms with van der Waals surface area (Å²) in [6.45, 7) is 6.98. The van der Waals surface area contributed by atoms with E-state index in [0.717, 1.165) is 0 Å². The van der Waals surface area contributed by atoms with Crippen molar-refractivity contribution in [3.8, 4) is 0 Å². The van der Waals surface area contributed by atoms with Gasteiger partial charge in [0.05, 0.1) is 18.1 Å². The van der Waals surface area contributed by atoms with E-state index in [1.807, 2.05) is 20.8 Å². The molecule has 6 nitrogen and oxygen atoms in total. The summed E-state index contributed by atoms with van der Waals surface area (Å²) in [7, 11) is 0. The fourth-order valence-electron chi connectivity index (χ4n) is 0.780. The van der Waals surface area contributed by atoms with Gasteiger partial charge in [-0.3, -0.25) is 0 Å². The normalized spacial score (nSPS) is 13.9. The lowest BCUT2D eigenvalue weighted by Gasteiger charge is -2.13. The zero-order valence-corrected chi connectivity index (χ0v) is 9.01. The fraction of sp³-hybridized carbons (Fsp3) is 1.00. The van der Waals surface area contributed by atoms with Crippen LogP contribution in [0.1, 0.15) is 20.8 Å². The maximum absolute atomic E-state index is 11.2. The summed E-state index contributed by atoms with van der Waals surface area (Å²) in [5, 5.41) is 24.7. The summed E-state index contributed by atoms with van der Waals surface area (Å²) < 4.78 is 0. The number of hydrazine groups is 1. The maximum atomic E-state index is 11.2. The van der Waals surface area contributed by atoms with Crippen molar-refractivity contribution >= 4 is 0 Å². The number of aliphatic hydroxyl groups excluding tert-OH is 1. The smallest absolute Gasteiger partial charge is 0.233 e. The predicted octanol–water partition coefficient (Wildman–Crippen LogP) is 0.766. The Kier molecular flexibility index (Phi) is 6.82. The van der Waals surface area contributed by atoms with Gasteiger partial charge in [0.2, 0.25) is 5.28 Å². The van der Waals surface area contributed by atoms with Gasteiger partial charge in [0.15, 0.2) is 0 Å². The Morgan fingerprint density at radius 3 is 2.50 bits per heavy atom. The Bertz CT molecular complexity index is 171. The number of aliphatic hydroxyl groups is 1. The molecule has 0 bridgehead atoms. The van der Waals surface area contributed by atoms with Crippen LogP contribution in [0.5, 0.6) is 0 Å². The third-order valence-electron chi connectivity index (χ3n) is 1.77. The number of rotatable bonds is 7. The summed E-state index contributed by atoms with van der Waals surface area (Å²) in [5.41, 5.74) is 0. The first-order chi connectivity index (χ1) is 6.65. The fourth-order valence-corrected chi connectivity index (χ4v) is 0.780. The molecule has 0 saturated heterocycles. The second kappa shape index (κ2) is 7.37. The quantitative estimate of drug-likeness (QED) is 0.378. The first-order valence-electron chi connectivity index (χ1n) is 4.81. The Morgan fingerprint density at radius 1 is 1.50 bits per heavy atom. The van der Waals surface area contributed by atoms with Crippen molar-refractivity contribution in [1.29, 1.82) is 0 Å². The predicted molar refractivity (Wildman–Crippen MR) is 51.2 cm³/mol. The molecule has 0 aliphatic heterocycles. The molecule has 0 saturated carbocycles. The van der Waals surface area contributed by atoms with E-state index in [-0.39, 0.29) is 19.1 Å². The molecule has 1 atom stereocenters. The van der Waals surface area contributed by atoms with Gasteiger partial charge in [-0.15, -0.1) is 5.01 Å². The van der Waals surface area contributed by atoms with E-state index in [9.17, 15) is 5.21 Å². The summed E-state index contributed by atoms with van der Waals surface area (Å²) in [4.78, 5) is 5.20. The van der Waals surface area contributed by atoms with Gasteiger partial charge in [0.1, 0.15) is 6.61 Å². The van der Waals surface area contributed by atoms with Gasteiger partial charge in [-0.05, 0) is 13.8 Å². The molecule has 14 heavy (non-hydrogen) atoms. The minimum atomic E-state index is -0.0103. The van der Waals surface area contributed by atoms with E-state index in [1.54, 1.807) is 0 Å². The molecule has 0 aromatic heterocycles. The third kappa shape index (κ3) is 4.86. The number of hydrogen-bond donors (Lipinski definition) is 1. The van der Waals surface area contributed by atoms with Crippen LogP contribution in [-0.2, 0) is 4.84 Å². The van der Waals surface area contributed by atoms with Crippen molar-refractivity contribution in [2.45, 2.75) is 20.8 Å². The highest BCUT2D eigenvalue weighted by Crippen LogP contribution is 1.95. The van der Waals surface area contributed by atoms with Crippen LogP contribution in [0.4, 0.5) is 0 Å². The maximum Gasteiger partial charge on any atom is 0.233 e. The molecule has 0 aromatic carbocycles. The van der Waals surface area contributed by atoms with Crippen molar-refractivity contribution < 1.29 is 14.9 Å². The summed E-state index contributed by atoms with van der Waals surface area (Å²) in [6, 6.07) is 0. The molecule has 0 spiro atoms. The van der Waals surface area contributed by atoms with Crippen LogP contribution in [0.15, 0.2) is 5.28 Å². The molecule has 0 aliphatic carbocycles. The standard InChI is InChI=1S/C8H19N3O3/c1-4-10(5-2)11(13)9-14-7-8(3)6-12/h8,12H,4-7H2,1-3H3/b11-9-/t8-/m1/s1. The molecule has 0 fully saturated rings. The summed E-state index contributed by atoms with van der Waals surface area (Å²) in [5.74, 6) is -0.0103. The molecular formula is C8H19N3O3. The van der Waals surface area contributed by atoms with Crippen LogP contribution in [0, 0.1) is 11.1 Å². The highest BCUT2D eigenvalue weighted by atomic mass is 16.7. The second-order valence-corrected chi connectivity index (χ2v) is 3.06. The Morgan fingerprint density at radius 2 is 2.07 bits per heavy atom. The molecular weight excluding hydrogens is 186 g/mol. The lowest BCUT2D eigenvalue weighted by atomic mass is 10.2. The van der Waals surface area contributed by atoms with Crippen molar-refractivity contribution in [3.05, 3.63) is 5.21 Å². The molecule has 6 heteroatoms. The Balaban J connectivity index is 3.86. The lowest BCUT2D eigenvalue weighted by Crippen LogP contribution is -2.30. The molecule has 84 valence electrons. The van der Waals surface area contributed by atoms with Crippen LogP contribution in [0.3, 0.4) is 0 Å². The third-order valence-corrected chi connectivity index (χ3v) is 1.77. The van der Waals surface area contributed by atoms with Gasteiger partial charge in [0, 0.05) is 12.5 Å². The van der Waals surface area contributed by atoms with Crippen molar-refractivity contribution in [2.24, 2.45) is 11.2 Å². The van der Waals surface area contributed by atoms with E-state index in [1.165, 1.54) is 5.01 Å². The van der Waals surface area contributed by atoms with Gasteiger partial charge >= 0.3 is 0 Å². The van der Waals surface area contributed by atoms with Gasteiger partial charge in [-0.25, -0.2) is 0 Å². The van der Waals surface area contributed by atoms with Crippen molar-refractivity contribution in [1.82, 2.24) is 5.01 Å².